The van der Waals surface area contributed by atoms with Gasteiger partial charge in [-0.1, -0.05) is 64.7 Å². The van der Waals surface area contributed by atoms with Gasteiger partial charge in [-0.15, -0.1) is 0 Å². The predicted octanol–water partition coefficient (Wildman–Crippen LogP) is 3.59. The van der Waals surface area contributed by atoms with Gasteiger partial charge in [0, 0.05) is 12.6 Å². The molecule has 0 bridgehead atoms. The molecule has 8 nitrogen and oxygen atoms in total. The Bertz CT molecular complexity index is 625. The number of hydrogen-bond donors (Lipinski definition) is 5. The Morgan fingerprint density at radius 2 is 1.55 bits per heavy atom. The number of nitrogens with zero attached hydrogens (tertiary/aromatic N) is 1. The van der Waals surface area contributed by atoms with E-state index in [1.54, 1.807) is 0 Å². The van der Waals surface area contributed by atoms with Crippen LogP contribution >= 0.6 is 0 Å². The smallest absolute Gasteiger partial charge is 0.340 e. The first kappa shape index (κ1) is 24.7. The number of aromatic hydroxyl groups is 2. The van der Waals surface area contributed by atoms with Gasteiger partial charge in [-0.3, -0.25) is 4.79 Å². The van der Waals surface area contributed by atoms with Crippen LogP contribution in [0.15, 0.2) is 18.2 Å². The van der Waals surface area contributed by atoms with E-state index in [0.717, 1.165) is 30.3 Å². The molecular formula is C21H36N4O4. The van der Waals surface area contributed by atoms with Crippen molar-refractivity contribution in [1.29, 1.82) is 0 Å². The Labute approximate surface area is 173 Å². The fourth-order valence-corrected chi connectivity index (χ4v) is 3.03. The van der Waals surface area contributed by atoms with Crippen LogP contribution < -0.4 is 16.5 Å². The van der Waals surface area contributed by atoms with Gasteiger partial charge in [-0.2, -0.15) is 5.01 Å². The van der Waals surface area contributed by atoms with Gasteiger partial charge in [-0.25, -0.2) is 10.2 Å². The van der Waals surface area contributed by atoms with E-state index in [9.17, 15) is 19.8 Å². The van der Waals surface area contributed by atoms with E-state index in [2.05, 4.69) is 17.7 Å². The van der Waals surface area contributed by atoms with Crippen molar-refractivity contribution in [3.8, 4) is 11.5 Å². The average Bonchev–Trinajstić information content (AvgIpc) is 2.68. The number of phenolic OH excluding ortho intramolecular Hbond substituents is 2. The van der Waals surface area contributed by atoms with E-state index < -0.39 is 17.7 Å². The van der Waals surface area contributed by atoms with Crippen molar-refractivity contribution < 1.29 is 19.8 Å². The minimum Gasteiger partial charge on any atom is -0.508 e. The summed E-state index contributed by atoms with van der Waals surface area (Å²) in [6.45, 7) is 2.54. The topological polar surface area (TPSA) is 128 Å². The van der Waals surface area contributed by atoms with Crippen LogP contribution in [0.1, 0.15) is 81.5 Å². The van der Waals surface area contributed by atoms with Crippen molar-refractivity contribution in [2.75, 3.05) is 13.2 Å². The number of carbonyl (C=O) groups is 2. The quantitative estimate of drug-likeness (QED) is 0.182. The molecule has 6 N–H and O–H groups in total. The van der Waals surface area contributed by atoms with E-state index in [-0.39, 0.29) is 18.0 Å². The number of hydrogen-bond acceptors (Lipinski definition) is 6. The van der Waals surface area contributed by atoms with Gasteiger partial charge in [0.25, 0.3) is 5.91 Å². The molecule has 0 saturated heterocycles. The normalized spacial score (nSPS) is 10.7. The maximum atomic E-state index is 12.6. The lowest BCUT2D eigenvalue weighted by molar-refractivity contribution is 0.0723. The number of benzene rings is 1. The second kappa shape index (κ2) is 14.6. The van der Waals surface area contributed by atoms with E-state index >= 15 is 0 Å². The summed E-state index contributed by atoms with van der Waals surface area (Å²) in [5.74, 6) is -1.29. The number of rotatable bonds is 14. The van der Waals surface area contributed by atoms with Gasteiger partial charge in [-0.05, 0) is 18.6 Å². The monoisotopic (exact) mass is 408 g/mol. The molecule has 0 spiro atoms. The summed E-state index contributed by atoms with van der Waals surface area (Å²) in [6, 6.07) is 2.89. The Hall–Kier alpha value is -2.32. The number of hydrazine groups is 1. The highest BCUT2D eigenvalue weighted by Crippen LogP contribution is 2.23. The molecule has 1 aromatic rings. The number of unbranched alkanes of at least 4 members (excludes halogenated alkanes) is 9. The zero-order chi connectivity index (χ0) is 21.5. The lowest BCUT2D eigenvalue weighted by Crippen LogP contribution is -2.52. The van der Waals surface area contributed by atoms with Gasteiger partial charge in [0.15, 0.2) is 0 Å². The minimum atomic E-state index is -0.722. The molecule has 0 saturated carbocycles. The van der Waals surface area contributed by atoms with Gasteiger partial charge < -0.3 is 21.3 Å². The fraction of sp³-hybridized carbons (Fsp3) is 0.619. The maximum absolute atomic E-state index is 12.6. The molecule has 1 aromatic carbocycles. The van der Waals surface area contributed by atoms with Crippen LogP contribution in [-0.4, -0.2) is 40.4 Å². The summed E-state index contributed by atoms with van der Waals surface area (Å²) in [7, 11) is 0. The van der Waals surface area contributed by atoms with Gasteiger partial charge in [0.2, 0.25) is 0 Å². The minimum absolute atomic E-state index is 0.0921. The third-order valence-corrected chi connectivity index (χ3v) is 4.67. The fourth-order valence-electron chi connectivity index (χ4n) is 3.03. The van der Waals surface area contributed by atoms with Crippen LogP contribution in [0.2, 0.25) is 0 Å². The summed E-state index contributed by atoms with van der Waals surface area (Å²) >= 11 is 0. The Morgan fingerprint density at radius 3 is 2.10 bits per heavy atom. The number of phenols is 2. The van der Waals surface area contributed by atoms with Crippen molar-refractivity contribution in [2.45, 2.75) is 71.1 Å². The molecule has 164 valence electrons. The molecule has 29 heavy (non-hydrogen) atoms. The number of urea groups is 1. The van der Waals surface area contributed by atoms with Gasteiger partial charge in [0.1, 0.15) is 11.5 Å². The van der Waals surface area contributed by atoms with Gasteiger partial charge in [0.05, 0.1) is 12.2 Å². The summed E-state index contributed by atoms with van der Waals surface area (Å²) in [6.07, 6.45) is 11.9. The molecule has 0 atom stereocenters. The molecule has 0 unspecified atom stereocenters. The number of imide groups is 1. The molecule has 0 radical (unpaired) electrons. The highest BCUT2D eigenvalue weighted by atomic mass is 16.3. The van der Waals surface area contributed by atoms with Crippen molar-refractivity contribution in [1.82, 2.24) is 15.8 Å². The van der Waals surface area contributed by atoms with E-state index in [4.69, 9.17) is 5.73 Å². The number of amides is 3. The predicted molar refractivity (Wildman–Crippen MR) is 113 cm³/mol. The summed E-state index contributed by atoms with van der Waals surface area (Å²) < 4.78 is 0. The third kappa shape index (κ3) is 9.62. The first-order chi connectivity index (χ1) is 14.0. The molecule has 3 amide bonds. The first-order valence-corrected chi connectivity index (χ1v) is 10.6. The van der Waals surface area contributed by atoms with Crippen LogP contribution in [0.4, 0.5) is 4.79 Å². The molecule has 0 aliphatic rings. The Kier molecular flexibility index (Phi) is 12.5. The standard InChI is InChI=1S/C21H36N4O4/c1-2-3-4-5-6-7-8-9-10-11-14-24-25(21(29)23-16-22)20(28)18-13-12-17(26)15-19(18)27/h12-13,15,24,26-27H,2-11,14,16,22H2,1H3,(H,23,29). The SMILES string of the molecule is CCCCCCCCCCCCNN(C(=O)NCN)C(=O)c1ccc(O)cc1O. The Morgan fingerprint density at radius 1 is 0.966 bits per heavy atom. The molecule has 0 aliphatic heterocycles. The number of nitrogens with one attached hydrogen (secondary N) is 2. The lowest BCUT2D eigenvalue weighted by atomic mass is 10.1. The second-order valence-electron chi connectivity index (χ2n) is 7.12. The maximum Gasteiger partial charge on any atom is 0.340 e. The third-order valence-electron chi connectivity index (χ3n) is 4.67. The highest BCUT2D eigenvalue weighted by molar-refractivity contribution is 6.05. The molecule has 0 aliphatic carbocycles. The molecule has 0 aromatic heterocycles. The Balaban J connectivity index is 2.40. The molecule has 0 fully saturated rings. The second-order valence-corrected chi connectivity index (χ2v) is 7.12. The van der Waals surface area contributed by atoms with Crippen molar-refractivity contribution in [3.63, 3.8) is 0 Å². The van der Waals surface area contributed by atoms with Crippen LogP contribution in [0.5, 0.6) is 11.5 Å². The zero-order valence-corrected chi connectivity index (χ0v) is 17.5. The van der Waals surface area contributed by atoms with Crippen molar-refractivity contribution in [2.24, 2.45) is 5.73 Å². The van der Waals surface area contributed by atoms with E-state index in [0.29, 0.717) is 6.54 Å². The molecule has 0 heterocycles. The first-order valence-electron chi connectivity index (χ1n) is 10.6. The lowest BCUT2D eigenvalue weighted by Gasteiger charge is -2.22. The average molecular weight is 409 g/mol. The summed E-state index contributed by atoms with van der Waals surface area (Å²) in [5, 5.41) is 22.4. The van der Waals surface area contributed by atoms with Gasteiger partial charge >= 0.3 is 6.03 Å². The van der Waals surface area contributed by atoms with Crippen LogP contribution in [0.25, 0.3) is 0 Å². The molecule has 8 heteroatoms. The van der Waals surface area contributed by atoms with E-state index in [1.165, 1.54) is 57.1 Å². The number of nitrogens with two attached hydrogens (primary N) is 1. The molecule has 1 rings (SSSR count). The van der Waals surface area contributed by atoms with Crippen LogP contribution in [0.3, 0.4) is 0 Å². The number of carbonyl (C=O) groups excluding carboxylic acids is 2. The van der Waals surface area contributed by atoms with Crippen molar-refractivity contribution in [3.05, 3.63) is 23.8 Å². The van der Waals surface area contributed by atoms with Crippen LogP contribution in [-0.2, 0) is 0 Å². The molecular weight excluding hydrogens is 372 g/mol. The largest absolute Gasteiger partial charge is 0.508 e. The highest BCUT2D eigenvalue weighted by Gasteiger charge is 2.24. The van der Waals surface area contributed by atoms with Crippen LogP contribution in [0, 0.1) is 0 Å². The van der Waals surface area contributed by atoms with Crippen molar-refractivity contribution >= 4 is 11.9 Å². The van der Waals surface area contributed by atoms with E-state index in [1.807, 2.05) is 0 Å². The summed E-state index contributed by atoms with van der Waals surface area (Å²) in [4.78, 5) is 24.8. The summed E-state index contributed by atoms with van der Waals surface area (Å²) in [5.41, 5.74) is 8.06. The zero-order valence-electron chi connectivity index (χ0n) is 17.5.